The zero-order valence-corrected chi connectivity index (χ0v) is 10.3. The lowest BCUT2D eigenvalue weighted by atomic mass is 10.2. The second-order valence-electron chi connectivity index (χ2n) is 4.54. The molecule has 0 saturated carbocycles. The number of fused-ring (bicyclic) bond motifs is 1. The average Bonchev–Trinajstić information content (AvgIpc) is 3.06. The van der Waals surface area contributed by atoms with Crippen molar-refractivity contribution in [2.45, 2.75) is 25.7 Å². The van der Waals surface area contributed by atoms with Gasteiger partial charge in [-0.15, -0.1) is 0 Å². The molecule has 2 aromatic rings. The van der Waals surface area contributed by atoms with Crippen LogP contribution in [0, 0.1) is 0 Å². The van der Waals surface area contributed by atoms with Crippen LogP contribution in [0.3, 0.4) is 0 Å². The van der Waals surface area contributed by atoms with Crippen molar-refractivity contribution in [1.82, 2.24) is 24.8 Å². The second kappa shape index (κ2) is 5.08. The lowest BCUT2D eigenvalue weighted by Gasteiger charge is -2.26. The summed E-state index contributed by atoms with van der Waals surface area (Å²) >= 11 is 0. The molecule has 1 aliphatic heterocycles. The first-order valence-corrected chi connectivity index (χ1v) is 6.09. The smallest absolute Gasteiger partial charge is 0.213 e. The first-order valence-electron chi connectivity index (χ1n) is 6.09. The Labute approximate surface area is 109 Å². The number of aromatic nitrogens is 4. The molecule has 3 heterocycles. The molecule has 0 fully saturated rings. The number of nitrogens with zero attached hydrogens (tertiary/aromatic N) is 5. The number of aliphatic hydroxyl groups excluding tert-OH is 2. The summed E-state index contributed by atoms with van der Waals surface area (Å²) in [5, 5.41) is 26.6. The topological polar surface area (TPSA) is 100 Å². The highest BCUT2D eigenvalue weighted by Crippen LogP contribution is 2.18. The van der Waals surface area contributed by atoms with Crippen LogP contribution in [0.4, 0.5) is 0 Å². The predicted molar refractivity (Wildman–Crippen MR) is 62.7 cm³/mol. The molecule has 0 aliphatic carbocycles. The monoisotopic (exact) mass is 265 g/mol. The third kappa shape index (κ3) is 2.50. The van der Waals surface area contributed by atoms with Gasteiger partial charge in [-0.25, -0.2) is 0 Å². The van der Waals surface area contributed by atoms with Gasteiger partial charge in [0, 0.05) is 13.1 Å². The summed E-state index contributed by atoms with van der Waals surface area (Å²) in [5.74, 6) is 0.656. The van der Waals surface area contributed by atoms with E-state index in [-0.39, 0.29) is 6.61 Å². The van der Waals surface area contributed by atoms with Crippen molar-refractivity contribution in [3.8, 4) is 0 Å². The third-order valence-corrected chi connectivity index (χ3v) is 3.18. The molecule has 0 bridgehead atoms. The molecule has 0 spiro atoms. The molecular formula is C11H15N5O3. The van der Waals surface area contributed by atoms with Crippen molar-refractivity contribution < 1.29 is 14.7 Å². The van der Waals surface area contributed by atoms with Gasteiger partial charge in [0.05, 0.1) is 31.1 Å². The molecule has 102 valence electrons. The van der Waals surface area contributed by atoms with Gasteiger partial charge in [0.25, 0.3) is 0 Å². The molecule has 2 N–H and O–H groups in total. The van der Waals surface area contributed by atoms with Gasteiger partial charge in [0.2, 0.25) is 6.39 Å². The van der Waals surface area contributed by atoms with Crippen LogP contribution in [-0.2, 0) is 19.6 Å². The largest absolute Gasteiger partial charge is 0.393 e. The van der Waals surface area contributed by atoms with Gasteiger partial charge in [-0.3, -0.25) is 9.58 Å². The van der Waals surface area contributed by atoms with Crippen LogP contribution in [0.5, 0.6) is 0 Å². The van der Waals surface area contributed by atoms with Crippen LogP contribution in [-0.4, -0.2) is 48.2 Å². The van der Waals surface area contributed by atoms with Crippen molar-refractivity contribution in [3.05, 3.63) is 29.7 Å². The number of hydrogen-bond acceptors (Lipinski definition) is 7. The van der Waals surface area contributed by atoms with E-state index in [1.165, 1.54) is 6.39 Å². The quantitative estimate of drug-likeness (QED) is 0.754. The summed E-state index contributed by atoms with van der Waals surface area (Å²) in [5.41, 5.74) is 1.52. The highest BCUT2D eigenvalue weighted by Gasteiger charge is 2.21. The van der Waals surface area contributed by atoms with Crippen molar-refractivity contribution in [2.75, 3.05) is 13.2 Å². The summed E-state index contributed by atoms with van der Waals surface area (Å²) in [6.45, 7) is 2.59. The zero-order valence-electron chi connectivity index (χ0n) is 10.3. The van der Waals surface area contributed by atoms with Crippen molar-refractivity contribution in [1.29, 1.82) is 0 Å². The van der Waals surface area contributed by atoms with Gasteiger partial charge in [0.1, 0.15) is 6.10 Å². The Bertz CT molecular complexity index is 539. The van der Waals surface area contributed by atoms with Crippen LogP contribution in [0.15, 0.2) is 17.0 Å². The van der Waals surface area contributed by atoms with E-state index in [4.69, 9.17) is 9.63 Å². The van der Waals surface area contributed by atoms with E-state index in [0.717, 1.165) is 18.8 Å². The molecule has 8 heteroatoms. The molecule has 3 rings (SSSR count). The summed E-state index contributed by atoms with van der Waals surface area (Å²) in [6.07, 6.45) is 0.406. The molecule has 0 amide bonds. The SMILES string of the molecule is OC[C@@H](O)c1cc2n(n1)CCN(Cc1ncon1)C2. The molecule has 0 aromatic carbocycles. The molecular weight excluding hydrogens is 250 g/mol. The Morgan fingerprint density at radius 1 is 1.42 bits per heavy atom. The lowest BCUT2D eigenvalue weighted by molar-refractivity contribution is 0.0915. The Morgan fingerprint density at radius 2 is 2.32 bits per heavy atom. The van der Waals surface area contributed by atoms with E-state index in [9.17, 15) is 5.11 Å². The minimum absolute atomic E-state index is 0.316. The summed E-state index contributed by atoms with van der Waals surface area (Å²) in [7, 11) is 0. The maximum Gasteiger partial charge on any atom is 0.213 e. The van der Waals surface area contributed by atoms with E-state index in [2.05, 4.69) is 20.1 Å². The standard InChI is InChI=1S/C11H15N5O3/c17-6-10(18)9-3-8-4-15(1-2-16(8)13-9)5-11-12-7-19-14-11/h3,7,10,17-18H,1-2,4-6H2/t10-/m1/s1. The Hall–Kier alpha value is -1.77. The number of rotatable bonds is 4. The molecule has 0 radical (unpaired) electrons. The normalized spacial score (nSPS) is 17.4. The fourth-order valence-corrected chi connectivity index (χ4v) is 2.20. The molecule has 1 atom stereocenters. The molecule has 8 nitrogen and oxygen atoms in total. The van der Waals surface area contributed by atoms with E-state index in [0.29, 0.717) is 24.6 Å². The van der Waals surface area contributed by atoms with Gasteiger partial charge in [0.15, 0.2) is 5.82 Å². The maximum absolute atomic E-state index is 9.58. The van der Waals surface area contributed by atoms with Crippen molar-refractivity contribution >= 4 is 0 Å². The fourth-order valence-electron chi connectivity index (χ4n) is 2.20. The molecule has 19 heavy (non-hydrogen) atoms. The molecule has 2 aromatic heterocycles. The first-order chi connectivity index (χ1) is 9.26. The van der Waals surface area contributed by atoms with Gasteiger partial charge in [-0.05, 0) is 6.07 Å². The summed E-state index contributed by atoms with van der Waals surface area (Å²) in [4.78, 5) is 6.18. The highest BCUT2D eigenvalue weighted by molar-refractivity contribution is 5.14. The molecule has 0 saturated heterocycles. The highest BCUT2D eigenvalue weighted by atomic mass is 16.5. The van der Waals surface area contributed by atoms with Gasteiger partial charge in [-0.1, -0.05) is 5.16 Å². The Morgan fingerprint density at radius 3 is 3.05 bits per heavy atom. The minimum atomic E-state index is -0.913. The van der Waals surface area contributed by atoms with Gasteiger partial charge < -0.3 is 14.7 Å². The Balaban J connectivity index is 1.71. The zero-order chi connectivity index (χ0) is 13.2. The van der Waals surface area contributed by atoms with Crippen LogP contribution >= 0.6 is 0 Å². The maximum atomic E-state index is 9.58. The van der Waals surface area contributed by atoms with Crippen LogP contribution in [0.1, 0.15) is 23.3 Å². The van der Waals surface area contributed by atoms with Crippen molar-refractivity contribution in [2.24, 2.45) is 0 Å². The number of hydrogen-bond donors (Lipinski definition) is 2. The summed E-state index contributed by atoms with van der Waals surface area (Å²) in [6, 6.07) is 1.82. The first kappa shape index (κ1) is 12.3. The third-order valence-electron chi connectivity index (χ3n) is 3.18. The fraction of sp³-hybridized carbons (Fsp3) is 0.545. The van der Waals surface area contributed by atoms with Crippen molar-refractivity contribution in [3.63, 3.8) is 0 Å². The predicted octanol–water partition coefficient (Wildman–Crippen LogP) is -0.692. The van der Waals surface area contributed by atoms with E-state index in [1.54, 1.807) is 0 Å². The Kier molecular flexibility index (Phi) is 3.28. The van der Waals surface area contributed by atoms with Gasteiger partial charge >= 0.3 is 0 Å². The molecule has 0 unspecified atom stereocenters. The second-order valence-corrected chi connectivity index (χ2v) is 4.54. The van der Waals surface area contributed by atoms with E-state index in [1.807, 2.05) is 10.7 Å². The summed E-state index contributed by atoms with van der Waals surface area (Å²) < 4.78 is 6.57. The van der Waals surface area contributed by atoms with Gasteiger partial charge in [-0.2, -0.15) is 10.1 Å². The molecule has 1 aliphatic rings. The lowest BCUT2D eigenvalue weighted by Crippen LogP contribution is -2.33. The van der Waals surface area contributed by atoms with Crippen LogP contribution < -0.4 is 0 Å². The van der Waals surface area contributed by atoms with E-state index >= 15 is 0 Å². The number of aliphatic hydroxyl groups is 2. The van der Waals surface area contributed by atoms with E-state index < -0.39 is 6.10 Å². The van der Waals surface area contributed by atoms with Crippen LogP contribution in [0.2, 0.25) is 0 Å². The minimum Gasteiger partial charge on any atom is -0.393 e. The van der Waals surface area contributed by atoms with Crippen LogP contribution in [0.25, 0.3) is 0 Å². The average molecular weight is 265 g/mol.